The summed E-state index contributed by atoms with van der Waals surface area (Å²) in [6.45, 7) is 2.54. The zero-order valence-corrected chi connectivity index (χ0v) is 11.2. The van der Waals surface area contributed by atoms with Crippen LogP contribution in [-0.4, -0.2) is 25.0 Å². The lowest BCUT2D eigenvalue weighted by atomic mass is 10.1. The van der Waals surface area contributed by atoms with Gasteiger partial charge in [-0.1, -0.05) is 0 Å². The van der Waals surface area contributed by atoms with Crippen molar-refractivity contribution in [3.63, 3.8) is 0 Å². The summed E-state index contributed by atoms with van der Waals surface area (Å²) in [5.74, 6) is 0.457. The predicted octanol–water partition coefficient (Wildman–Crippen LogP) is 3.25. The molecule has 0 aliphatic carbocycles. The number of rotatable bonds is 5. The van der Waals surface area contributed by atoms with Crippen LogP contribution in [-0.2, 0) is 6.18 Å². The van der Waals surface area contributed by atoms with Crippen molar-refractivity contribution in [2.45, 2.75) is 38.0 Å². The molecule has 1 heterocycles. The van der Waals surface area contributed by atoms with Gasteiger partial charge < -0.3 is 10.1 Å². The molecule has 0 amide bonds. The van der Waals surface area contributed by atoms with E-state index in [9.17, 15) is 13.2 Å². The number of hydrogen-bond donors (Lipinski definition) is 1. The molecule has 6 heteroatoms. The van der Waals surface area contributed by atoms with Crippen LogP contribution in [0.3, 0.4) is 0 Å². The normalized spacial score (nSPS) is 21.8. The first-order chi connectivity index (χ1) is 9.47. The molecule has 0 spiro atoms. The van der Waals surface area contributed by atoms with Crippen LogP contribution in [0.4, 0.5) is 13.2 Å². The Morgan fingerprint density at radius 3 is 2.50 bits per heavy atom. The lowest BCUT2D eigenvalue weighted by Crippen LogP contribution is -2.28. The molecule has 3 nitrogen and oxygen atoms in total. The Kier molecular flexibility index (Phi) is 4.52. The molecule has 0 fully saturated rings. The van der Waals surface area contributed by atoms with Gasteiger partial charge in [0.1, 0.15) is 5.75 Å². The molecule has 0 saturated heterocycles. The van der Waals surface area contributed by atoms with E-state index >= 15 is 0 Å². The highest BCUT2D eigenvalue weighted by Gasteiger charge is 2.30. The molecule has 2 unspecified atom stereocenters. The van der Waals surface area contributed by atoms with E-state index in [0.29, 0.717) is 18.4 Å². The second-order valence-corrected chi connectivity index (χ2v) is 4.81. The monoisotopic (exact) mass is 286 g/mol. The molecule has 0 saturated carbocycles. The molecule has 1 N–H and O–H groups in total. The lowest BCUT2D eigenvalue weighted by Gasteiger charge is -2.13. The summed E-state index contributed by atoms with van der Waals surface area (Å²) >= 11 is 0. The third kappa shape index (κ3) is 3.88. The Balaban J connectivity index is 1.73. The van der Waals surface area contributed by atoms with Crippen LogP contribution < -0.4 is 10.1 Å². The molecule has 2 rings (SSSR count). The van der Waals surface area contributed by atoms with Crippen molar-refractivity contribution in [3.05, 3.63) is 29.8 Å². The van der Waals surface area contributed by atoms with Crippen LogP contribution in [0.1, 0.15) is 25.3 Å². The number of ether oxygens (including phenoxy) is 1. The first kappa shape index (κ1) is 14.7. The first-order valence-corrected chi connectivity index (χ1v) is 6.54. The van der Waals surface area contributed by atoms with Crippen LogP contribution in [0.2, 0.25) is 0 Å². The van der Waals surface area contributed by atoms with Crippen molar-refractivity contribution in [3.8, 4) is 5.75 Å². The van der Waals surface area contributed by atoms with Crippen LogP contribution in [0.5, 0.6) is 5.75 Å². The summed E-state index contributed by atoms with van der Waals surface area (Å²) in [6.07, 6.45) is -0.880. The first-order valence-electron chi connectivity index (χ1n) is 6.54. The Morgan fingerprint density at radius 2 is 1.95 bits per heavy atom. The maximum atomic E-state index is 12.4. The third-order valence-corrected chi connectivity index (χ3v) is 3.28. The van der Waals surface area contributed by atoms with E-state index in [2.05, 4.69) is 17.2 Å². The van der Waals surface area contributed by atoms with Gasteiger partial charge in [-0.25, -0.2) is 0 Å². The van der Waals surface area contributed by atoms with E-state index in [1.165, 1.54) is 12.1 Å². The summed E-state index contributed by atoms with van der Waals surface area (Å²) in [5.41, 5.74) is -0.662. The highest BCUT2D eigenvalue weighted by molar-refractivity contribution is 5.58. The fourth-order valence-corrected chi connectivity index (χ4v) is 2.04. The Bertz CT molecular complexity index is 456. The molecule has 0 aromatic heterocycles. The molecular formula is C14H17F3N2O. The van der Waals surface area contributed by atoms with Crippen LogP contribution >= 0.6 is 0 Å². The molecular weight excluding hydrogens is 269 g/mol. The lowest BCUT2D eigenvalue weighted by molar-refractivity contribution is -0.137. The van der Waals surface area contributed by atoms with E-state index in [1.54, 1.807) is 6.34 Å². The zero-order valence-electron chi connectivity index (χ0n) is 11.2. The van der Waals surface area contributed by atoms with Crippen molar-refractivity contribution in [2.24, 2.45) is 4.99 Å². The third-order valence-electron chi connectivity index (χ3n) is 3.28. The molecule has 1 aliphatic rings. The van der Waals surface area contributed by atoms with Gasteiger partial charge in [-0.2, -0.15) is 13.2 Å². The van der Waals surface area contributed by atoms with Crippen molar-refractivity contribution in [2.75, 3.05) is 6.61 Å². The smallest absolute Gasteiger partial charge is 0.416 e. The molecule has 1 aromatic carbocycles. The second-order valence-electron chi connectivity index (χ2n) is 4.81. The molecule has 0 bridgehead atoms. The number of nitrogens with one attached hydrogen (secondary N) is 1. The topological polar surface area (TPSA) is 33.6 Å². The van der Waals surface area contributed by atoms with E-state index in [-0.39, 0.29) is 6.04 Å². The number of nitrogens with zero attached hydrogens (tertiary/aromatic N) is 1. The highest BCUT2D eigenvalue weighted by Crippen LogP contribution is 2.30. The molecule has 0 radical (unpaired) electrons. The van der Waals surface area contributed by atoms with Gasteiger partial charge in [-0.15, -0.1) is 0 Å². The van der Waals surface area contributed by atoms with Gasteiger partial charge in [0.2, 0.25) is 0 Å². The fraction of sp³-hybridized carbons (Fsp3) is 0.500. The van der Waals surface area contributed by atoms with Crippen molar-refractivity contribution in [1.29, 1.82) is 0 Å². The molecule has 110 valence electrons. The summed E-state index contributed by atoms with van der Waals surface area (Å²) in [6, 6.07) is 5.35. The Labute approximate surface area is 115 Å². The summed E-state index contributed by atoms with van der Waals surface area (Å²) < 4.78 is 42.6. The number of benzene rings is 1. The quantitative estimate of drug-likeness (QED) is 0.843. The number of aliphatic imine (C=N–C) groups is 1. The second kappa shape index (κ2) is 6.15. The minimum atomic E-state index is -4.30. The van der Waals surface area contributed by atoms with Crippen molar-refractivity contribution in [1.82, 2.24) is 5.32 Å². The number of alkyl halides is 3. The van der Waals surface area contributed by atoms with Crippen LogP contribution in [0.15, 0.2) is 29.3 Å². The number of halogens is 3. The minimum absolute atomic E-state index is 0.256. The van der Waals surface area contributed by atoms with Crippen molar-refractivity contribution < 1.29 is 17.9 Å². The molecule has 20 heavy (non-hydrogen) atoms. The standard InChI is InChI=1S/C14H17F3N2O/c1-10-13(19-9-18-10)3-2-8-20-12-6-4-11(5-7-12)14(15,16)17/h4-7,9-10,13H,2-3,8H2,1H3,(H,18,19). The Hall–Kier alpha value is -1.72. The SMILES string of the molecule is CC1NC=NC1CCCOc1ccc(C(F)(F)F)cc1. The predicted molar refractivity (Wildman–Crippen MR) is 71.1 cm³/mol. The van der Waals surface area contributed by atoms with E-state index in [1.807, 2.05) is 0 Å². The van der Waals surface area contributed by atoms with Crippen LogP contribution in [0, 0.1) is 0 Å². The highest BCUT2D eigenvalue weighted by atomic mass is 19.4. The number of hydrogen-bond acceptors (Lipinski definition) is 3. The van der Waals surface area contributed by atoms with E-state index in [0.717, 1.165) is 25.0 Å². The fourth-order valence-electron chi connectivity index (χ4n) is 2.04. The van der Waals surface area contributed by atoms with E-state index in [4.69, 9.17) is 4.74 Å². The van der Waals surface area contributed by atoms with Gasteiger partial charge in [-0.05, 0) is 44.0 Å². The molecule has 2 atom stereocenters. The van der Waals surface area contributed by atoms with E-state index < -0.39 is 11.7 Å². The summed E-state index contributed by atoms with van der Waals surface area (Å²) in [5, 5.41) is 3.11. The maximum Gasteiger partial charge on any atom is 0.416 e. The largest absolute Gasteiger partial charge is 0.494 e. The van der Waals surface area contributed by atoms with Gasteiger partial charge in [0.25, 0.3) is 0 Å². The van der Waals surface area contributed by atoms with Gasteiger partial charge in [0, 0.05) is 6.04 Å². The van der Waals surface area contributed by atoms with Gasteiger partial charge in [0.15, 0.2) is 0 Å². The average Bonchev–Trinajstić information content (AvgIpc) is 2.80. The molecule has 1 aliphatic heterocycles. The summed E-state index contributed by atoms with van der Waals surface area (Å²) in [4.78, 5) is 4.28. The van der Waals surface area contributed by atoms with Gasteiger partial charge in [0.05, 0.1) is 24.6 Å². The summed E-state index contributed by atoms with van der Waals surface area (Å²) in [7, 11) is 0. The minimum Gasteiger partial charge on any atom is -0.494 e. The maximum absolute atomic E-state index is 12.4. The zero-order chi connectivity index (χ0) is 14.6. The van der Waals surface area contributed by atoms with Gasteiger partial charge >= 0.3 is 6.18 Å². The van der Waals surface area contributed by atoms with Crippen LogP contribution in [0.25, 0.3) is 0 Å². The van der Waals surface area contributed by atoms with Gasteiger partial charge in [-0.3, -0.25) is 4.99 Å². The Morgan fingerprint density at radius 1 is 1.25 bits per heavy atom. The van der Waals surface area contributed by atoms with Crippen molar-refractivity contribution >= 4 is 6.34 Å². The average molecular weight is 286 g/mol. The molecule has 1 aromatic rings.